The van der Waals surface area contributed by atoms with Gasteiger partial charge in [0.15, 0.2) is 17.4 Å². The highest BCUT2D eigenvalue weighted by Crippen LogP contribution is 2.31. The van der Waals surface area contributed by atoms with Gasteiger partial charge < -0.3 is 14.6 Å². The number of aromatic amines is 1. The van der Waals surface area contributed by atoms with Crippen molar-refractivity contribution in [3.63, 3.8) is 0 Å². The number of ether oxygens (including phenoxy) is 2. The zero-order valence-corrected chi connectivity index (χ0v) is 14.2. The molecule has 0 radical (unpaired) electrons. The Hall–Kier alpha value is -2.62. The number of aliphatic hydroxyl groups is 1. The van der Waals surface area contributed by atoms with Gasteiger partial charge in [-0.05, 0) is 18.6 Å². The summed E-state index contributed by atoms with van der Waals surface area (Å²) in [6, 6.07) is 7.06. The standard InChI is InChI=1S/C17H18N4O5/c1-3-10-12(22)13(25-2)16(26-10)21-15(23)11-14(20-17(21)24)19-9-7-5-4-6-8(9)18-11/h4-7,10,12-13,16,22H,3H2,1-2H3,(H,19,20,24)/t10-,12-,13-,16-/m1/s1. The van der Waals surface area contributed by atoms with Crippen LogP contribution >= 0.6 is 0 Å². The van der Waals surface area contributed by atoms with E-state index in [1.807, 2.05) is 6.92 Å². The Labute approximate surface area is 147 Å². The molecule has 9 nitrogen and oxygen atoms in total. The molecule has 4 atom stereocenters. The minimum absolute atomic E-state index is 0.0243. The topological polar surface area (TPSA) is 119 Å². The number of H-pyrrole nitrogens is 1. The summed E-state index contributed by atoms with van der Waals surface area (Å²) in [5.74, 6) is 0. The second kappa shape index (κ2) is 6.27. The van der Waals surface area contributed by atoms with Crippen molar-refractivity contribution in [3.8, 4) is 0 Å². The highest BCUT2D eigenvalue weighted by atomic mass is 16.6. The Balaban J connectivity index is 1.94. The zero-order chi connectivity index (χ0) is 18.4. The lowest BCUT2D eigenvalue weighted by molar-refractivity contribution is -0.0556. The molecule has 1 aliphatic rings. The van der Waals surface area contributed by atoms with E-state index in [1.54, 1.807) is 24.3 Å². The number of hydrogen-bond acceptors (Lipinski definition) is 7. The molecule has 1 saturated heterocycles. The summed E-state index contributed by atoms with van der Waals surface area (Å²) >= 11 is 0. The number of benzene rings is 1. The number of hydrogen-bond donors (Lipinski definition) is 2. The summed E-state index contributed by atoms with van der Waals surface area (Å²) in [4.78, 5) is 36.7. The van der Waals surface area contributed by atoms with Crippen LogP contribution in [0.5, 0.6) is 0 Å². The van der Waals surface area contributed by atoms with Crippen LogP contribution in [0.25, 0.3) is 22.2 Å². The summed E-state index contributed by atoms with van der Waals surface area (Å²) in [6.07, 6.45) is -2.85. The molecule has 0 aliphatic carbocycles. The molecule has 0 saturated carbocycles. The van der Waals surface area contributed by atoms with Gasteiger partial charge in [0.1, 0.15) is 12.2 Å². The lowest BCUT2D eigenvalue weighted by Crippen LogP contribution is -2.43. The molecule has 26 heavy (non-hydrogen) atoms. The van der Waals surface area contributed by atoms with Crippen LogP contribution in [-0.2, 0) is 9.47 Å². The van der Waals surface area contributed by atoms with Crippen LogP contribution in [0.1, 0.15) is 19.6 Å². The molecule has 2 N–H and O–H groups in total. The van der Waals surface area contributed by atoms with Crippen molar-refractivity contribution in [1.82, 2.24) is 19.5 Å². The molecule has 3 heterocycles. The molecule has 136 valence electrons. The first-order valence-electron chi connectivity index (χ1n) is 8.32. The predicted octanol–water partition coefficient (Wildman–Crippen LogP) is 0.316. The maximum atomic E-state index is 13.0. The van der Waals surface area contributed by atoms with E-state index in [-0.39, 0.29) is 11.2 Å². The van der Waals surface area contributed by atoms with E-state index in [9.17, 15) is 14.7 Å². The number of aliphatic hydroxyl groups excluding tert-OH is 1. The van der Waals surface area contributed by atoms with Crippen molar-refractivity contribution in [3.05, 3.63) is 45.1 Å². The van der Waals surface area contributed by atoms with E-state index in [2.05, 4.69) is 15.0 Å². The lowest BCUT2D eigenvalue weighted by atomic mass is 10.1. The van der Waals surface area contributed by atoms with Crippen LogP contribution in [0, 0.1) is 0 Å². The summed E-state index contributed by atoms with van der Waals surface area (Å²) in [6.45, 7) is 1.84. The summed E-state index contributed by atoms with van der Waals surface area (Å²) in [7, 11) is 1.40. The summed E-state index contributed by atoms with van der Waals surface area (Å²) in [5, 5.41) is 10.3. The van der Waals surface area contributed by atoms with Crippen molar-refractivity contribution in [2.75, 3.05) is 7.11 Å². The molecular weight excluding hydrogens is 340 g/mol. The highest BCUT2D eigenvalue weighted by Gasteiger charge is 2.45. The monoisotopic (exact) mass is 358 g/mol. The van der Waals surface area contributed by atoms with E-state index in [4.69, 9.17) is 9.47 Å². The molecule has 2 aromatic heterocycles. The van der Waals surface area contributed by atoms with Gasteiger partial charge in [-0.25, -0.2) is 19.3 Å². The molecule has 3 aromatic rings. The minimum atomic E-state index is -1.05. The summed E-state index contributed by atoms with van der Waals surface area (Å²) < 4.78 is 11.9. The largest absolute Gasteiger partial charge is 0.388 e. The smallest absolute Gasteiger partial charge is 0.332 e. The molecule has 9 heteroatoms. The van der Waals surface area contributed by atoms with Gasteiger partial charge in [-0.15, -0.1) is 0 Å². The van der Waals surface area contributed by atoms with E-state index in [0.29, 0.717) is 17.5 Å². The molecule has 1 fully saturated rings. The number of fused-ring (bicyclic) bond motifs is 2. The van der Waals surface area contributed by atoms with Gasteiger partial charge in [0.25, 0.3) is 5.56 Å². The Morgan fingerprint density at radius 1 is 1.27 bits per heavy atom. The molecule has 0 unspecified atom stereocenters. The van der Waals surface area contributed by atoms with Gasteiger partial charge in [-0.3, -0.25) is 9.78 Å². The lowest BCUT2D eigenvalue weighted by Gasteiger charge is -2.19. The fourth-order valence-electron chi connectivity index (χ4n) is 3.35. The minimum Gasteiger partial charge on any atom is -0.388 e. The van der Waals surface area contributed by atoms with Crippen molar-refractivity contribution in [2.45, 2.75) is 37.9 Å². The predicted molar refractivity (Wildman–Crippen MR) is 92.9 cm³/mol. The second-order valence-electron chi connectivity index (χ2n) is 6.18. The highest BCUT2D eigenvalue weighted by molar-refractivity contribution is 5.83. The van der Waals surface area contributed by atoms with Crippen LogP contribution in [0.15, 0.2) is 33.9 Å². The second-order valence-corrected chi connectivity index (χ2v) is 6.18. The van der Waals surface area contributed by atoms with E-state index < -0.39 is 35.8 Å². The number of nitrogens with one attached hydrogen (secondary N) is 1. The molecular formula is C17H18N4O5. The SMILES string of the molecule is CC[C@H]1O[C@@H](n2c(=O)[nH]c3nc4ccccc4nc3c2=O)[C@H](OC)[C@@H]1O. The zero-order valence-electron chi connectivity index (χ0n) is 14.2. The van der Waals surface area contributed by atoms with Gasteiger partial charge in [0, 0.05) is 7.11 Å². The Morgan fingerprint density at radius 2 is 1.96 bits per heavy atom. The fourth-order valence-corrected chi connectivity index (χ4v) is 3.35. The molecule has 1 aromatic carbocycles. The summed E-state index contributed by atoms with van der Waals surface area (Å²) in [5.41, 5.74) is -0.0919. The van der Waals surface area contributed by atoms with Crippen molar-refractivity contribution in [1.29, 1.82) is 0 Å². The molecule has 0 spiro atoms. The molecule has 4 rings (SSSR count). The maximum Gasteiger partial charge on any atom is 0.332 e. The third kappa shape index (κ3) is 2.44. The quantitative estimate of drug-likeness (QED) is 0.647. The first kappa shape index (κ1) is 16.8. The van der Waals surface area contributed by atoms with Gasteiger partial charge in [0.2, 0.25) is 0 Å². The van der Waals surface area contributed by atoms with Crippen molar-refractivity contribution in [2.24, 2.45) is 0 Å². The number of para-hydroxylation sites is 2. The first-order chi connectivity index (χ1) is 12.5. The van der Waals surface area contributed by atoms with Gasteiger partial charge in [-0.1, -0.05) is 19.1 Å². The van der Waals surface area contributed by atoms with Crippen LogP contribution in [0.4, 0.5) is 0 Å². The number of methoxy groups -OCH3 is 1. The molecule has 1 aliphatic heterocycles. The number of aromatic nitrogens is 4. The average molecular weight is 358 g/mol. The Kier molecular flexibility index (Phi) is 4.06. The third-order valence-electron chi connectivity index (χ3n) is 4.68. The van der Waals surface area contributed by atoms with Gasteiger partial charge >= 0.3 is 5.69 Å². The van der Waals surface area contributed by atoms with Crippen LogP contribution in [-0.4, -0.2) is 50.0 Å². The van der Waals surface area contributed by atoms with Crippen LogP contribution < -0.4 is 11.2 Å². The van der Waals surface area contributed by atoms with Gasteiger partial charge in [-0.2, -0.15) is 0 Å². The first-order valence-corrected chi connectivity index (χ1v) is 8.32. The third-order valence-corrected chi connectivity index (χ3v) is 4.68. The average Bonchev–Trinajstić information content (AvgIpc) is 2.95. The molecule has 0 amide bonds. The van der Waals surface area contributed by atoms with Crippen LogP contribution in [0.2, 0.25) is 0 Å². The number of rotatable bonds is 3. The van der Waals surface area contributed by atoms with E-state index in [0.717, 1.165) is 4.57 Å². The van der Waals surface area contributed by atoms with Crippen LogP contribution in [0.3, 0.4) is 0 Å². The number of nitrogens with zero attached hydrogens (tertiary/aromatic N) is 3. The van der Waals surface area contributed by atoms with E-state index >= 15 is 0 Å². The molecule has 0 bridgehead atoms. The van der Waals surface area contributed by atoms with E-state index in [1.165, 1.54) is 7.11 Å². The normalized spacial score (nSPS) is 26.0. The fraction of sp³-hybridized carbons (Fsp3) is 0.412. The Bertz CT molecular complexity index is 1090. The maximum absolute atomic E-state index is 13.0. The Morgan fingerprint density at radius 3 is 2.62 bits per heavy atom. The van der Waals surface area contributed by atoms with Crippen molar-refractivity contribution < 1.29 is 14.6 Å². The van der Waals surface area contributed by atoms with Gasteiger partial charge in [0.05, 0.1) is 17.1 Å². The van der Waals surface area contributed by atoms with Crippen molar-refractivity contribution >= 4 is 22.2 Å².